The Balaban J connectivity index is 2.02. The van der Waals surface area contributed by atoms with Crippen molar-refractivity contribution in [2.45, 2.75) is 12.8 Å². The van der Waals surface area contributed by atoms with Crippen LogP contribution in [-0.4, -0.2) is 29.6 Å². The van der Waals surface area contributed by atoms with Crippen LogP contribution in [-0.2, 0) is 6.42 Å². The molecule has 0 spiro atoms. The minimum absolute atomic E-state index is 0.0545. The molecule has 98 valence electrons. The largest absolute Gasteiger partial charge is 0.385 e. The van der Waals surface area contributed by atoms with E-state index in [1.807, 2.05) is 18.2 Å². The minimum Gasteiger partial charge on any atom is -0.385 e. The number of fused-ring (bicyclic) bond motifs is 1. The third-order valence-corrected chi connectivity index (χ3v) is 3.18. The standard InChI is InChI=1S/C13H14N4O2/c1-14-12(18)11-16-13(19-17-11)9-4-2-6-10-8(9)5-3-7-15-10/h2,4,6,15H,3,5,7H2,1H3,(H,14,18). The molecule has 1 aliphatic heterocycles. The summed E-state index contributed by atoms with van der Waals surface area (Å²) in [5.41, 5.74) is 3.16. The molecule has 0 saturated heterocycles. The summed E-state index contributed by atoms with van der Waals surface area (Å²) in [5, 5.41) is 9.51. The van der Waals surface area contributed by atoms with Crippen LogP contribution >= 0.6 is 0 Å². The monoisotopic (exact) mass is 258 g/mol. The number of rotatable bonds is 2. The first-order chi connectivity index (χ1) is 9.29. The van der Waals surface area contributed by atoms with E-state index >= 15 is 0 Å². The lowest BCUT2D eigenvalue weighted by Crippen LogP contribution is -2.19. The summed E-state index contributed by atoms with van der Waals surface area (Å²) in [6.07, 6.45) is 2.04. The zero-order chi connectivity index (χ0) is 13.2. The minimum atomic E-state index is -0.349. The Morgan fingerprint density at radius 2 is 2.37 bits per heavy atom. The van der Waals surface area contributed by atoms with Gasteiger partial charge < -0.3 is 15.2 Å². The zero-order valence-corrected chi connectivity index (χ0v) is 10.6. The number of hydrogen-bond acceptors (Lipinski definition) is 5. The number of anilines is 1. The van der Waals surface area contributed by atoms with Crippen LogP contribution in [0.1, 0.15) is 22.6 Å². The second-order valence-corrected chi connectivity index (χ2v) is 4.36. The Bertz CT molecular complexity index is 621. The normalized spacial score (nSPS) is 13.5. The summed E-state index contributed by atoms with van der Waals surface area (Å²) in [6, 6.07) is 5.91. The van der Waals surface area contributed by atoms with E-state index in [-0.39, 0.29) is 11.7 Å². The fourth-order valence-corrected chi connectivity index (χ4v) is 2.25. The SMILES string of the molecule is CNC(=O)c1noc(-c2cccc3c2CCCN3)n1. The lowest BCUT2D eigenvalue weighted by molar-refractivity contribution is 0.0950. The molecule has 2 aromatic rings. The topological polar surface area (TPSA) is 80.0 Å². The summed E-state index contributed by atoms with van der Waals surface area (Å²) in [7, 11) is 1.53. The maximum atomic E-state index is 11.4. The molecule has 3 rings (SSSR count). The van der Waals surface area contributed by atoms with Gasteiger partial charge in [-0.15, -0.1) is 0 Å². The molecule has 2 N–H and O–H groups in total. The van der Waals surface area contributed by atoms with Gasteiger partial charge in [0.15, 0.2) is 0 Å². The van der Waals surface area contributed by atoms with Crippen LogP contribution in [0, 0.1) is 0 Å². The number of carbonyl (C=O) groups is 1. The van der Waals surface area contributed by atoms with E-state index in [1.54, 1.807) is 0 Å². The molecule has 1 aromatic heterocycles. The van der Waals surface area contributed by atoms with Crippen LogP contribution < -0.4 is 10.6 Å². The van der Waals surface area contributed by atoms with Crippen molar-refractivity contribution in [3.05, 3.63) is 29.6 Å². The van der Waals surface area contributed by atoms with E-state index < -0.39 is 0 Å². The van der Waals surface area contributed by atoms with Crippen molar-refractivity contribution in [1.82, 2.24) is 15.5 Å². The molecule has 0 aliphatic carbocycles. The summed E-state index contributed by atoms with van der Waals surface area (Å²) in [5.74, 6) is 0.0935. The number of carbonyl (C=O) groups excluding carboxylic acids is 1. The van der Waals surface area contributed by atoms with Crippen molar-refractivity contribution in [1.29, 1.82) is 0 Å². The molecular formula is C13H14N4O2. The Morgan fingerprint density at radius 3 is 3.21 bits per heavy atom. The van der Waals surface area contributed by atoms with Gasteiger partial charge in [0.2, 0.25) is 0 Å². The molecule has 0 bridgehead atoms. The van der Waals surface area contributed by atoms with Crippen LogP contribution in [0.25, 0.3) is 11.5 Å². The molecule has 19 heavy (non-hydrogen) atoms. The van der Waals surface area contributed by atoms with Crippen LogP contribution in [0.3, 0.4) is 0 Å². The highest BCUT2D eigenvalue weighted by Gasteiger charge is 2.19. The summed E-state index contributed by atoms with van der Waals surface area (Å²) in [4.78, 5) is 15.6. The summed E-state index contributed by atoms with van der Waals surface area (Å²) < 4.78 is 5.19. The lowest BCUT2D eigenvalue weighted by atomic mass is 9.97. The Labute approximate surface area is 110 Å². The second-order valence-electron chi connectivity index (χ2n) is 4.36. The van der Waals surface area contributed by atoms with Gasteiger partial charge in [-0.2, -0.15) is 4.98 Å². The first kappa shape index (κ1) is 11.7. The number of benzene rings is 1. The first-order valence-electron chi connectivity index (χ1n) is 6.21. The van der Waals surface area contributed by atoms with Crippen molar-refractivity contribution < 1.29 is 9.32 Å². The third kappa shape index (κ3) is 2.05. The van der Waals surface area contributed by atoms with Gasteiger partial charge >= 0.3 is 0 Å². The van der Waals surface area contributed by atoms with Crippen molar-refractivity contribution in [3.8, 4) is 11.5 Å². The number of aromatic nitrogens is 2. The first-order valence-corrected chi connectivity index (χ1v) is 6.21. The van der Waals surface area contributed by atoms with Gasteiger partial charge in [0.25, 0.3) is 17.6 Å². The van der Waals surface area contributed by atoms with Gasteiger partial charge in [0.05, 0.1) is 0 Å². The molecule has 6 nitrogen and oxygen atoms in total. The molecule has 1 aromatic carbocycles. The zero-order valence-electron chi connectivity index (χ0n) is 10.6. The smallest absolute Gasteiger partial charge is 0.292 e. The van der Waals surface area contributed by atoms with Gasteiger partial charge in [-0.1, -0.05) is 11.2 Å². The average Bonchev–Trinajstić information content (AvgIpc) is 2.95. The number of nitrogens with zero attached hydrogens (tertiary/aromatic N) is 2. The van der Waals surface area contributed by atoms with Gasteiger partial charge in [-0.25, -0.2) is 0 Å². The number of nitrogens with one attached hydrogen (secondary N) is 2. The molecule has 0 radical (unpaired) electrons. The fourth-order valence-electron chi connectivity index (χ4n) is 2.25. The molecule has 0 fully saturated rings. The highest BCUT2D eigenvalue weighted by molar-refractivity contribution is 5.90. The van der Waals surface area contributed by atoms with Crippen LogP contribution in [0.2, 0.25) is 0 Å². The summed E-state index contributed by atoms with van der Waals surface area (Å²) in [6.45, 7) is 0.976. The van der Waals surface area contributed by atoms with E-state index in [2.05, 4.69) is 20.8 Å². The predicted octanol–water partition coefficient (Wildman–Crippen LogP) is 1.45. The van der Waals surface area contributed by atoms with E-state index in [4.69, 9.17) is 4.52 Å². The maximum Gasteiger partial charge on any atom is 0.292 e. The highest BCUT2D eigenvalue weighted by atomic mass is 16.5. The van der Waals surface area contributed by atoms with Gasteiger partial charge in [0.1, 0.15) is 0 Å². The fraction of sp³-hybridized carbons (Fsp3) is 0.308. The predicted molar refractivity (Wildman–Crippen MR) is 69.9 cm³/mol. The van der Waals surface area contributed by atoms with Crippen LogP contribution in [0.5, 0.6) is 0 Å². The Morgan fingerprint density at radius 1 is 1.47 bits per heavy atom. The molecule has 1 aliphatic rings. The van der Waals surface area contributed by atoms with Gasteiger partial charge in [-0.3, -0.25) is 4.79 Å². The van der Waals surface area contributed by atoms with Crippen molar-refractivity contribution in [2.24, 2.45) is 0 Å². The summed E-state index contributed by atoms with van der Waals surface area (Å²) >= 11 is 0. The van der Waals surface area contributed by atoms with Gasteiger partial charge in [-0.05, 0) is 30.5 Å². The molecule has 0 atom stereocenters. The van der Waals surface area contributed by atoms with Crippen LogP contribution in [0.15, 0.2) is 22.7 Å². The lowest BCUT2D eigenvalue weighted by Gasteiger charge is -2.19. The number of hydrogen-bond donors (Lipinski definition) is 2. The molecule has 0 saturated carbocycles. The van der Waals surface area contributed by atoms with E-state index in [1.165, 1.54) is 12.6 Å². The average molecular weight is 258 g/mol. The van der Waals surface area contributed by atoms with Crippen molar-refractivity contribution >= 4 is 11.6 Å². The highest BCUT2D eigenvalue weighted by Crippen LogP contribution is 2.31. The number of amides is 1. The van der Waals surface area contributed by atoms with Crippen molar-refractivity contribution in [2.75, 3.05) is 18.9 Å². The third-order valence-electron chi connectivity index (χ3n) is 3.18. The molecule has 2 heterocycles. The van der Waals surface area contributed by atoms with Crippen molar-refractivity contribution in [3.63, 3.8) is 0 Å². The van der Waals surface area contributed by atoms with E-state index in [0.717, 1.165) is 30.6 Å². The Kier molecular flexibility index (Phi) is 2.91. The van der Waals surface area contributed by atoms with E-state index in [0.29, 0.717) is 5.89 Å². The Hall–Kier alpha value is -2.37. The molecular weight excluding hydrogens is 244 g/mol. The van der Waals surface area contributed by atoms with E-state index in [9.17, 15) is 4.79 Å². The molecule has 1 amide bonds. The van der Waals surface area contributed by atoms with Gasteiger partial charge in [0, 0.05) is 24.8 Å². The molecule has 6 heteroatoms. The van der Waals surface area contributed by atoms with Crippen LogP contribution in [0.4, 0.5) is 5.69 Å². The molecule has 0 unspecified atom stereocenters. The second kappa shape index (κ2) is 4.72. The quantitative estimate of drug-likeness (QED) is 0.852. The maximum absolute atomic E-state index is 11.4.